The monoisotopic (exact) mass is 284 g/mol. The van der Waals surface area contributed by atoms with Crippen LogP contribution in [0, 0.1) is 0 Å². The first-order chi connectivity index (χ1) is 9.93. The molecule has 0 atom stereocenters. The summed E-state index contributed by atoms with van der Waals surface area (Å²) in [5, 5.41) is 18.9. The van der Waals surface area contributed by atoms with Crippen LogP contribution in [0.2, 0.25) is 0 Å². The topological polar surface area (TPSA) is 99.3 Å². The second-order valence-electron chi connectivity index (χ2n) is 5.90. The summed E-state index contributed by atoms with van der Waals surface area (Å²) in [4.78, 5) is 14.7. The van der Waals surface area contributed by atoms with Crippen LogP contribution >= 0.6 is 0 Å². The Morgan fingerprint density at radius 2 is 2.00 bits per heavy atom. The molecule has 0 fully saturated rings. The maximum Gasteiger partial charge on any atom is 0.274 e. The van der Waals surface area contributed by atoms with Crippen LogP contribution in [-0.4, -0.2) is 25.4 Å². The van der Waals surface area contributed by atoms with E-state index in [9.17, 15) is 4.79 Å². The highest BCUT2D eigenvalue weighted by atomic mass is 16.1. The lowest BCUT2D eigenvalue weighted by Crippen LogP contribution is -2.28. The summed E-state index contributed by atoms with van der Waals surface area (Å²) in [7, 11) is 0. The summed E-state index contributed by atoms with van der Waals surface area (Å²) < 4.78 is 0. The fourth-order valence-corrected chi connectivity index (χ4v) is 2.04. The highest BCUT2D eigenvalue weighted by Crippen LogP contribution is 2.19. The van der Waals surface area contributed by atoms with E-state index in [0.717, 1.165) is 16.6 Å². The van der Waals surface area contributed by atoms with Gasteiger partial charge >= 0.3 is 0 Å². The van der Waals surface area contributed by atoms with Crippen molar-refractivity contribution in [1.82, 2.24) is 25.4 Å². The molecule has 0 spiro atoms. The molecule has 3 N–H and O–H groups in total. The van der Waals surface area contributed by atoms with Crippen molar-refractivity contribution in [2.24, 2.45) is 0 Å². The Kier molecular flexibility index (Phi) is 2.97. The van der Waals surface area contributed by atoms with E-state index < -0.39 is 0 Å². The number of H-pyrrole nitrogens is 2. The van der Waals surface area contributed by atoms with Gasteiger partial charge in [0.05, 0.1) is 11.7 Å². The van der Waals surface area contributed by atoms with Gasteiger partial charge in [0, 0.05) is 16.5 Å². The third-order valence-electron chi connectivity index (χ3n) is 3.11. The number of nitrogens with one attached hydrogen (secondary N) is 3. The summed E-state index contributed by atoms with van der Waals surface area (Å²) in [5.74, 6) is 0.312. The third kappa shape index (κ3) is 2.62. The molecule has 0 amide bonds. The zero-order valence-electron chi connectivity index (χ0n) is 12.1. The Balaban J connectivity index is 1.91. The van der Waals surface area contributed by atoms with E-state index in [1.807, 2.05) is 39.0 Å². The van der Waals surface area contributed by atoms with Crippen molar-refractivity contribution in [3.05, 3.63) is 40.4 Å². The Morgan fingerprint density at radius 1 is 1.19 bits per heavy atom. The molecule has 2 heterocycles. The highest BCUT2D eigenvalue weighted by molar-refractivity contribution is 5.82. The van der Waals surface area contributed by atoms with Crippen molar-refractivity contribution in [2.45, 2.75) is 26.2 Å². The van der Waals surface area contributed by atoms with Crippen molar-refractivity contribution in [3.8, 4) is 0 Å². The number of rotatable bonds is 2. The van der Waals surface area contributed by atoms with E-state index in [2.05, 4.69) is 30.7 Å². The first-order valence-corrected chi connectivity index (χ1v) is 6.61. The lowest BCUT2D eigenvalue weighted by atomic mass is 9.93. The number of nitrogens with zero attached hydrogens (tertiary/aromatic N) is 3. The van der Waals surface area contributed by atoms with Gasteiger partial charge in [0.25, 0.3) is 5.56 Å². The zero-order valence-corrected chi connectivity index (χ0v) is 12.1. The number of anilines is 2. The minimum atomic E-state index is -0.339. The Morgan fingerprint density at radius 3 is 2.71 bits per heavy atom. The average Bonchev–Trinajstić information content (AvgIpc) is 2.84. The fraction of sp³-hybridized carbons (Fsp3) is 0.286. The molecule has 1 aromatic carbocycles. The van der Waals surface area contributed by atoms with E-state index in [1.165, 1.54) is 0 Å². The molecule has 0 bridgehead atoms. The van der Waals surface area contributed by atoms with Crippen LogP contribution in [0.5, 0.6) is 0 Å². The van der Waals surface area contributed by atoms with Crippen molar-refractivity contribution >= 4 is 22.5 Å². The molecule has 2 aromatic heterocycles. The molecule has 7 heteroatoms. The molecule has 0 saturated carbocycles. The van der Waals surface area contributed by atoms with Crippen molar-refractivity contribution in [3.63, 3.8) is 0 Å². The van der Waals surface area contributed by atoms with Gasteiger partial charge in [0.2, 0.25) is 5.95 Å². The van der Waals surface area contributed by atoms with Gasteiger partial charge in [-0.15, -0.1) is 10.2 Å². The second-order valence-corrected chi connectivity index (χ2v) is 5.90. The van der Waals surface area contributed by atoms with Crippen molar-refractivity contribution in [1.29, 1.82) is 0 Å². The van der Waals surface area contributed by atoms with E-state index >= 15 is 0 Å². The molecule has 3 rings (SSSR count). The zero-order chi connectivity index (χ0) is 15.0. The van der Waals surface area contributed by atoms with Crippen molar-refractivity contribution in [2.75, 3.05) is 5.32 Å². The average molecular weight is 284 g/mol. The van der Waals surface area contributed by atoms with Gasteiger partial charge < -0.3 is 5.32 Å². The van der Waals surface area contributed by atoms with Crippen LogP contribution in [0.15, 0.2) is 29.2 Å². The molecular formula is C14H16N6O. The van der Waals surface area contributed by atoms with E-state index in [1.54, 1.807) is 6.20 Å². The number of fused-ring (bicyclic) bond motifs is 1. The smallest absolute Gasteiger partial charge is 0.274 e. The summed E-state index contributed by atoms with van der Waals surface area (Å²) in [5.41, 5.74) is 1.54. The van der Waals surface area contributed by atoms with E-state index in [4.69, 9.17) is 0 Å². The molecule has 0 saturated heterocycles. The summed E-state index contributed by atoms with van der Waals surface area (Å²) in [6, 6.07) is 5.70. The molecule has 0 radical (unpaired) electrons. The minimum absolute atomic E-state index is 0.234. The lowest BCUT2D eigenvalue weighted by Gasteiger charge is -2.15. The van der Waals surface area contributed by atoms with Crippen LogP contribution in [0.3, 0.4) is 0 Å². The van der Waals surface area contributed by atoms with Gasteiger partial charge in [0.15, 0.2) is 0 Å². The SMILES string of the molecule is CC(C)(C)c1nnc(Nc2ccc3cn[nH]c3c2)[nH]c1=O. The van der Waals surface area contributed by atoms with Crippen molar-refractivity contribution < 1.29 is 0 Å². The van der Waals surface area contributed by atoms with Crippen LogP contribution in [0.4, 0.5) is 11.6 Å². The van der Waals surface area contributed by atoms with Crippen LogP contribution in [-0.2, 0) is 5.41 Å². The Hall–Kier alpha value is -2.70. The number of aromatic amines is 2. The molecule has 108 valence electrons. The molecule has 0 aliphatic carbocycles. The van der Waals surface area contributed by atoms with E-state index in [-0.39, 0.29) is 11.0 Å². The highest BCUT2D eigenvalue weighted by Gasteiger charge is 2.20. The first-order valence-electron chi connectivity index (χ1n) is 6.61. The van der Waals surface area contributed by atoms with Gasteiger partial charge in [0.1, 0.15) is 5.69 Å². The normalized spacial score (nSPS) is 11.8. The Labute approximate surface area is 120 Å². The second kappa shape index (κ2) is 4.69. The predicted molar refractivity (Wildman–Crippen MR) is 80.7 cm³/mol. The molecular weight excluding hydrogens is 268 g/mol. The fourth-order valence-electron chi connectivity index (χ4n) is 2.04. The number of aromatic nitrogens is 5. The maximum absolute atomic E-state index is 12.0. The van der Waals surface area contributed by atoms with Crippen LogP contribution in [0.25, 0.3) is 10.9 Å². The first kappa shape index (κ1) is 13.3. The van der Waals surface area contributed by atoms with Gasteiger partial charge in [-0.3, -0.25) is 14.9 Å². The molecule has 0 unspecified atom stereocenters. The van der Waals surface area contributed by atoms with Gasteiger partial charge in [-0.2, -0.15) is 5.10 Å². The summed E-state index contributed by atoms with van der Waals surface area (Å²) in [6.45, 7) is 5.77. The number of benzene rings is 1. The quantitative estimate of drug-likeness (QED) is 0.669. The predicted octanol–water partition coefficient (Wildman–Crippen LogP) is 2.08. The lowest BCUT2D eigenvalue weighted by molar-refractivity contribution is 0.547. The molecule has 3 aromatic rings. The van der Waals surface area contributed by atoms with Crippen LogP contribution < -0.4 is 10.9 Å². The molecule has 7 nitrogen and oxygen atoms in total. The van der Waals surface area contributed by atoms with Gasteiger partial charge in [-0.25, -0.2) is 0 Å². The third-order valence-corrected chi connectivity index (χ3v) is 3.11. The van der Waals surface area contributed by atoms with Crippen LogP contribution in [0.1, 0.15) is 26.5 Å². The van der Waals surface area contributed by atoms with E-state index in [0.29, 0.717) is 11.6 Å². The maximum atomic E-state index is 12.0. The van der Waals surface area contributed by atoms with Gasteiger partial charge in [-0.05, 0) is 18.2 Å². The number of hydrogen-bond acceptors (Lipinski definition) is 5. The molecule has 0 aliphatic heterocycles. The minimum Gasteiger partial charge on any atom is -0.324 e. The number of hydrogen-bond donors (Lipinski definition) is 3. The molecule has 21 heavy (non-hydrogen) atoms. The Bertz CT molecular complexity index is 842. The summed E-state index contributed by atoms with van der Waals surface area (Å²) in [6.07, 6.45) is 1.75. The largest absolute Gasteiger partial charge is 0.324 e. The summed E-state index contributed by atoms with van der Waals surface area (Å²) >= 11 is 0. The standard InChI is InChI=1S/C14H16N6O/c1-14(2,3)11-12(21)17-13(20-19-11)16-9-5-4-8-7-15-18-10(8)6-9/h4-7H,1-3H3,(H,15,18)(H2,16,17,20,21). The van der Waals surface area contributed by atoms with Gasteiger partial charge in [-0.1, -0.05) is 20.8 Å². The molecule has 0 aliphatic rings.